The number of amides is 1. The zero-order chi connectivity index (χ0) is 20.0. The normalized spacial score (nSPS) is 30.0. The molecule has 1 aliphatic carbocycles. The first kappa shape index (κ1) is 19.8. The van der Waals surface area contributed by atoms with Crippen LogP contribution in [0.3, 0.4) is 0 Å². The Hall–Kier alpha value is -1.94. The first-order valence-electron chi connectivity index (χ1n) is 8.73. The molecule has 1 amide bonds. The van der Waals surface area contributed by atoms with Crippen LogP contribution in [0.2, 0.25) is 0 Å². The van der Waals surface area contributed by atoms with E-state index in [0.29, 0.717) is 12.8 Å². The number of hydrogen-bond acceptors (Lipinski definition) is 6. The lowest BCUT2D eigenvalue weighted by molar-refractivity contribution is 0.0557. The van der Waals surface area contributed by atoms with Crippen molar-refractivity contribution in [1.29, 1.82) is 0 Å². The van der Waals surface area contributed by atoms with E-state index in [1.807, 2.05) is 0 Å². The molecule has 10 heteroatoms. The Bertz CT molecular complexity index is 843. The fourth-order valence-electron chi connectivity index (χ4n) is 3.39. The number of nitrogens with one attached hydrogen (secondary N) is 1. The molecule has 1 saturated heterocycles. The lowest BCUT2D eigenvalue weighted by Gasteiger charge is -2.40. The molecule has 0 bridgehead atoms. The van der Waals surface area contributed by atoms with Crippen molar-refractivity contribution in [2.75, 3.05) is 13.7 Å². The Morgan fingerprint density at radius 2 is 2.07 bits per heavy atom. The van der Waals surface area contributed by atoms with E-state index < -0.39 is 38.5 Å². The van der Waals surface area contributed by atoms with Gasteiger partial charge in [-0.3, -0.25) is 5.32 Å². The zero-order valence-electron chi connectivity index (χ0n) is 15.8. The highest BCUT2D eigenvalue weighted by molar-refractivity contribution is 7.90. The summed E-state index contributed by atoms with van der Waals surface area (Å²) in [7, 11) is -2.77. The molecule has 1 unspecified atom stereocenters. The van der Waals surface area contributed by atoms with E-state index in [0.717, 1.165) is 4.31 Å². The number of carbonyl (C=O) groups is 1. The summed E-state index contributed by atoms with van der Waals surface area (Å²) in [4.78, 5) is 16.6. The monoisotopic (exact) mass is 401 g/mol. The number of guanidine groups is 1. The number of fused-ring (bicyclic) bond motifs is 1. The highest BCUT2D eigenvalue weighted by Crippen LogP contribution is 2.46. The summed E-state index contributed by atoms with van der Waals surface area (Å²) in [5.74, 6) is -0.720. The molecule has 1 fully saturated rings. The molecule has 27 heavy (non-hydrogen) atoms. The molecule has 3 aliphatic rings. The fourth-order valence-corrected chi connectivity index (χ4v) is 5.07. The van der Waals surface area contributed by atoms with E-state index in [4.69, 9.17) is 9.47 Å². The third-order valence-corrected chi connectivity index (χ3v) is 6.58. The van der Waals surface area contributed by atoms with Crippen LogP contribution in [0.1, 0.15) is 40.0 Å². The standard InChI is InChI=1S/C17H24FN3O5S/c1-16(2,3)26-15(22)19-14-20-17(11-7-5-6-8-12(11)18)9-10-25-13(17)27(23,24)21(14)4/h7-8,13H,5-6,9-10H2,1-4H3,(H,19,20,22)/t13?,17-/m1/s1. The van der Waals surface area contributed by atoms with Crippen LogP contribution >= 0.6 is 0 Å². The zero-order valence-corrected chi connectivity index (χ0v) is 16.6. The van der Waals surface area contributed by atoms with Crippen molar-refractivity contribution in [3.05, 3.63) is 23.6 Å². The molecular weight excluding hydrogens is 377 g/mol. The van der Waals surface area contributed by atoms with Gasteiger partial charge in [0, 0.05) is 19.0 Å². The van der Waals surface area contributed by atoms with Gasteiger partial charge < -0.3 is 9.47 Å². The molecule has 2 heterocycles. The molecule has 150 valence electrons. The van der Waals surface area contributed by atoms with Crippen LogP contribution in [0.4, 0.5) is 9.18 Å². The van der Waals surface area contributed by atoms with Crippen LogP contribution in [-0.4, -0.2) is 55.0 Å². The number of alkyl carbamates (subject to hydrolysis) is 1. The van der Waals surface area contributed by atoms with Gasteiger partial charge in [0.2, 0.25) is 11.4 Å². The number of sulfonamides is 1. The van der Waals surface area contributed by atoms with Crippen molar-refractivity contribution in [1.82, 2.24) is 9.62 Å². The van der Waals surface area contributed by atoms with E-state index in [2.05, 4.69) is 10.3 Å². The summed E-state index contributed by atoms with van der Waals surface area (Å²) < 4.78 is 52.0. The van der Waals surface area contributed by atoms with E-state index in [1.54, 1.807) is 26.8 Å². The molecule has 8 nitrogen and oxygen atoms in total. The van der Waals surface area contributed by atoms with Crippen molar-refractivity contribution in [2.45, 2.75) is 56.6 Å². The Morgan fingerprint density at radius 1 is 1.41 bits per heavy atom. The maximum atomic E-state index is 14.6. The summed E-state index contributed by atoms with van der Waals surface area (Å²) in [6.07, 6.45) is 3.54. The number of allylic oxidation sites excluding steroid dienone is 2. The minimum atomic E-state index is -4.03. The van der Waals surface area contributed by atoms with Crippen LogP contribution in [-0.2, 0) is 19.5 Å². The number of nitrogens with zero attached hydrogens (tertiary/aromatic N) is 2. The van der Waals surface area contributed by atoms with Gasteiger partial charge in [-0.05, 0) is 39.7 Å². The van der Waals surface area contributed by atoms with E-state index in [1.165, 1.54) is 13.1 Å². The summed E-state index contributed by atoms with van der Waals surface area (Å²) in [6, 6.07) is 0. The Labute approximate surface area is 158 Å². The lowest BCUT2D eigenvalue weighted by atomic mass is 9.85. The number of halogens is 1. The number of hydrogen-bond donors (Lipinski definition) is 1. The van der Waals surface area contributed by atoms with Gasteiger partial charge in [-0.15, -0.1) is 0 Å². The minimum absolute atomic E-state index is 0.117. The second-order valence-corrected chi connectivity index (χ2v) is 9.70. The Balaban J connectivity index is 2.05. The molecule has 0 aromatic heterocycles. The summed E-state index contributed by atoms with van der Waals surface area (Å²) in [6.45, 7) is 5.17. The van der Waals surface area contributed by atoms with Gasteiger partial charge in [0.1, 0.15) is 17.0 Å². The van der Waals surface area contributed by atoms with E-state index in [9.17, 15) is 17.6 Å². The topological polar surface area (TPSA) is 97.3 Å². The van der Waals surface area contributed by atoms with E-state index >= 15 is 0 Å². The van der Waals surface area contributed by atoms with Crippen LogP contribution in [0.15, 0.2) is 28.5 Å². The number of carbonyl (C=O) groups excluding carboxylic acids is 1. The van der Waals surface area contributed by atoms with Crippen molar-refractivity contribution in [2.24, 2.45) is 4.99 Å². The van der Waals surface area contributed by atoms with Crippen molar-refractivity contribution in [3.8, 4) is 0 Å². The average molecular weight is 401 g/mol. The molecule has 0 radical (unpaired) electrons. The third kappa shape index (κ3) is 3.47. The van der Waals surface area contributed by atoms with Gasteiger partial charge >= 0.3 is 6.09 Å². The van der Waals surface area contributed by atoms with Gasteiger partial charge in [-0.2, -0.15) is 0 Å². The second kappa shape index (κ2) is 6.59. The van der Waals surface area contributed by atoms with Gasteiger partial charge in [0.15, 0.2) is 0 Å². The molecule has 0 aromatic carbocycles. The second-order valence-electron chi connectivity index (χ2n) is 7.70. The van der Waals surface area contributed by atoms with Crippen LogP contribution in [0.5, 0.6) is 0 Å². The molecule has 3 rings (SSSR count). The Kier molecular flexibility index (Phi) is 4.84. The maximum Gasteiger partial charge on any atom is 0.414 e. The smallest absolute Gasteiger partial charge is 0.414 e. The van der Waals surface area contributed by atoms with Crippen molar-refractivity contribution in [3.63, 3.8) is 0 Å². The molecule has 2 aliphatic heterocycles. The van der Waals surface area contributed by atoms with Crippen molar-refractivity contribution >= 4 is 22.1 Å². The van der Waals surface area contributed by atoms with Crippen LogP contribution in [0.25, 0.3) is 0 Å². The minimum Gasteiger partial charge on any atom is -0.444 e. The van der Waals surface area contributed by atoms with E-state index in [-0.39, 0.29) is 24.6 Å². The first-order valence-corrected chi connectivity index (χ1v) is 10.2. The van der Waals surface area contributed by atoms with Gasteiger partial charge in [0.05, 0.1) is 6.61 Å². The number of aliphatic imine (C=N–C) groups is 1. The number of rotatable bonds is 1. The SMILES string of the molecule is CN1C(NC(=O)OC(C)(C)C)=N[C@@]2(C3=CCCC=C3F)CCOC2S1(=O)=O. The average Bonchev–Trinajstić information content (AvgIpc) is 2.97. The van der Waals surface area contributed by atoms with Crippen molar-refractivity contribution < 1.29 is 27.1 Å². The molecule has 2 atom stereocenters. The summed E-state index contributed by atoms with van der Waals surface area (Å²) in [5, 5.41) is 2.38. The molecule has 0 saturated carbocycles. The predicted molar refractivity (Wildman–Crippen MR) is 97.1 cm³/mol. The highest BCUT2D eigenvalue weighted by Gasteiger charge is 2.59. The largest absolute Gasteiger partial charge is 0.444 e. The quantitative estimate of drug-likeness (QED) is 0.726. The fraction of sp³-hybridized carbons (Fsp3) is 0.647. The van der Waals surface area contributed by atoms with Crippen LogP contribution < -0.4 is 5.32 Å². The highest BCUT2D eigenvalue weighted by atomic mass is 32.2. The van der Waals surface area contributed by atoms with Gasteiger partial charge in [-0.1, -0.05) is 6.08 Å². The summed E-state index contributed by atoms with van der Waals surface area (Å²) >= 11 is 0. The number of ether oxygens (including phenoxy) is 2. The van der Waals surface area contributed by atoms with Gasteiger partial charge in [0.25, 0.3) is 10.0 Å². The third-order valence-electron chi connectivity index (χ3n) is 4.57. The molecule has 1 N–H and O–H groups in total. The maximum absolute atomic E-state index is 14.6. The molecule has 0 spiro atoms. The lowest BCUT2D eigenvalue weighted by Crippen LogP contribution is -2.59. The van der Waals surface area contributed by atoms with Gasteiger partial charge in [-0.25, -0.2) is 26.9 Å². The molecule has 0 aromatic rings. The molecular formula is C17H24FN3O5S. The predicted octanol–water partition coefficient (Wildman–Crippen LogP) is 2.20. The summed E-state index contributed by atoms with van der Waals surface area (Å²) in [5.41, 5.74) is -3.36. The first-order chi connectivity index (χ1) is 12.5. The Morgan fingerprint density at radius 3 is 2.70 bits per heavy atom. The van der Waals surface area contributed by atoms with Crippen LogP contribution in [0, 0.1) is 0 Å².